The molecule has 0 bridgehead atoms. The standard InChI is InChI=1S/C25H21FN2O6S/c1-33-21-12-9-17(13-22(21)34-2)27-24(29)15-28-14-23(25(30)19-5-3-4-6-20(19)28)35(31,32)18-10-7-16(26)8-11-18/h3-14H,15H2,1-2H3,(H,27,29). The summed E-state index contributed by atoms with van der Waals surface area (Å²) in [4.78, 5) is 25.2. The molecule has 0 aliphatic heterocycles. The van der Waals surface area contributed by atoms with Gasteiger partial charge in [-0.3, -0.25) is 9.59 Å². The van der Waals surface area contributed by atoms with Crippen molar-refractivity contribution in [2.75, 3.05) is 19.5 Å². The minimum Gasteiger partial charge on any atom is -0.493 e. The molecule has 0 fully saturated rings. The molecule has 0 radical (unpaired) electrons. The molecular formula is C25H21FN2O6S. The monoisotopic (exact) mass is 496 g/mol. The van der Waals surface area contributed by atoms with Crippen LogP contribution in [0.25, 0.3) is 10.9 Å². The molecule has 1 N–H and O–H groups in total. The molecule has 1 heterocycles. The summed E-state index contributed by atoms with van der Waals surface area (Å²) in [5.74, 6) is -0.151. The summed E-state index contributed by atoms with van der Waals surface area (Å²) in [6.07, 6.45) is 1.14. The fourth-order valence-electron chi connectivity index (χ4n) is 3.65. The van der Waals surface area contributed by atoms with Gasteiger partial charge < -0.3 is 19.4 Å². The van der Waals surface area contributed by atoms with E-state index in [1.54, 1.807) is 36.4 Å². The quantitative estimate of drug-likeness (QED) is 0.392. The van der Waals surface area contributed by atoms with E-state index in [0.29, 0.717) is 22.7 Å². The SMILES string of the molecule is COc1ccc(NC(=O)Cn2cc(S(=O)(=O)c3ccc(F)cc3)c(=O)c3ccccc32)cc1OC. The van der Waals surface area contributed by atoms with E-state index in [0.717, 1.165) is 30.5 Å². The zero-order valence-corrected chi connectivity index (χ0v) is 19.6. The Labute approximate surface area is 200 Å². The van der Waals surface area contributed by atoms with Gasteiger partial charge in [0, 0.05) is 23.3 Å². The molecule has 1 amide bonds. The number of carbonyl (C=O) groups excluding carboxylic acids is 1. The maximum atomic E-state index is 13.3. The smallest absolute Gasteiger partial charge is 0.244 e. The first kappa shape index (κ1) is 24.0. The molecule has 3 aromatic carbocycles. The van der Waals surface area contributed by atoms with Crippen LogP contribution in [0.5, 0.6) is 11.5 Å². The van der Waals surface area contributed by atoms with Crippen LogP contribution in [-0.4, -0.2) is 33.1 Å². The summed E-state index contributed by atoms with van der Waals surface area (Å²) in [7, 11) is -1.31. The van der Waals surface area contributed by atoms with Crippen molar-refractivity contribution in [2.24, 2.45) is 0 Å². The molecule has 0 aliphatic rings. The Morgan fingerprint density at radius 1 is 0.971 bits per heavy atom. The lowest BCUT2D eigenvalue weighted by Gasteiger charge is -2.15. The number of hydrogen-bond donors (Lipinski definition) is 1. The first-order valence-electron chi connectivity index (χ1n) is 10.4. The summed E-state index contributed by atoms with van der Waals surface area (Å²) < 4.78 is 51.6. The first-order valence-corrected chi connectivity index (χ1v) is 11.9. The molecule has 4 aromatic rings. The third-order valence-corrected chi connectivity index (χ3v) is 7.11. The lowest BCUT2D eigenvalue weighted by atomic mass is 10.2. The van der Waals surface area contributed by atoms with Gasteiger partial charge in [0.25, 0.3) is 0 Å². The molecule has 0 spiro atoms. The van der Waals surface area contributed by atoms with Gasteiger partial charge in [-0.1, -0.05) is 12.1 Å². The molecule has 0 saturated carbocycles. The molecule has 10 heteroatoms. The van der Waals surface area contributed by atoms with Crippen molar-refractivity contribution in [1.29, 1.82) is 0 Å². The second-order valence-corrected chi connectivity index (χ2v) is 9.46. The normalized spacial score (nSPS) is 11.3. The minimum atomic E-state index is -4.27. The molecule has 0 aliphatic carbocycles. The van der Waals surface area contributed by atoms with Crippen molar-refractivity contribution in [1.82, 2.24) is 4.57 Å². The summed E-state index contributed by atoms with van der Waals surface area (Å²) >= 11 is 0. The second-order valence-electron chi connectivity index (χ2n) is 7.54. The number of methoxy groups -OCH3 is 2. The number of rotatable bonds is 7. The molecule has 0 unspecified atom stereocenters. The maximum absolute atomic E-state index is 13.3. The highest BCUT2D eigenvalue weighted by molar-refractivity contribution is 7.91. The van der Waals surface area contributed by atoms with Gasteiger partial charge in [-0.25, -0.2) is 12.8 Å². The number of ether oxygens (including phenoxy) is 2. The van der Waals surface area contributed by atoms with Gasteiger partial charge in [0.1, 0.15) is 17.3 Å². The van der Waals surface area contributed by atoms with Crippen molar-refractivity contribution >= 4 is 32.3 Å². The molecule has 8 nitrogen and oxygen atoms in total. The van der Waals surface area contributed by atoms with Gasteiger partial charge in [0.15, 0.2) is 11.5 Å². The predicted molar refractivity (Wildman–Crippen MR) is 128 cm³/mol. The number of nitrogens with zero attached hydrogens (tertiary/aromatic N) is 1. The van der Waals surface area contributed by atoms with Crippen molar-refractivity contribution in [2.45, 2.75) is 16.3 Å². The molecule has 0 saturated heterocycles. The highest BCUT2D eigenvalue weighted by atomic mass is 32.2. The van der Waals surface area contributed by atoms with Crippen LogP contribution in [0.15, 0.2) is 87.5 Å². The molecule has 0 atom stereocenters. The minimum absolute atomic E-state index is 0.134. The third kappa shape index (κ3) is 4.73. The Bertz CT molecular complexity index is 1580. The Hall–Kier alpha value is -4.18. The number of aromatic nitrogens is 1. The summed E-state index contributed by atoms with van der Waals surface area (Å²) in [6, 6.07) is 15.4. The highest BCUT2D eigenvalue weighted by Gasteiger charge is 2.24. The molecular weight excluding hydrogens is 475 g/mol. The second kappa shape index (κ2) is 9.59. The van der Waals surface area contributed by atoms with Crippen LogP contribution >= 0.6 is 0 Å². The summed E-state index contributed by atoms with van der Waals surface area (Å²) in [6.45, 7) is -0.277. The number of para-hydroxylation sites is 1. The van der Waals surface area contributed by atoms with E-state index in [1.165, 1.54) is 24.9 Å². The Morgan fingerprint density at radius 3 is 2.34 bits per heavy atom. The molecule has 4 rings (SSSR count). The van der Waals surface area contributed by atoms with E-state index in [2.05, 4.69) is 5.32 Å². The van der Waals surface area contributed by atoms with E-state index < -0.39 is 31.9 Å². The Balaban J connectivity index is 1.74. The number of anilines is 1. The van der Waals surface area contributed by atoms with Crippen LogP contribution in [-0.2, 0) is 21.2 Å². The average molecular weight is 497 g/mol. The molecule has 1 aromatic heterocycles. The number of pyridine rings is 1. The van der Waals surface area contributed by atoms with Gasteiger partial charge >= 0.3 is 0 Å². The third-order valence-electron chi connectivity index (χ3n) is 5.35. The van der Waals surface area contributed by atoms with Gasteiger partial charge in [-0.2, -0.15) is 0 Å². The van der Waals surface area contributed by atoms with Crippen LogP contribution < -0.4 is 20.2 Å². The number of carbonyl (C=O) groups is 1. The van der Waals surface area contributed by atoms with Crippen molar-refractivity contribution in [3.05, 3.63) is 89.0 Å². The van der Waals surface area contributed by atoms with Crippen LogP contribution in [0.2, 0.25) is 0 Å². The fraction of sp³-hybridized carbons (Fsp3) is 0.120. The number of halogens is 1. The van der Waals surface area contributed by atoms with Crippen molar-refractivity contribution in [3.63, 3.8) is 0 Å². The van der Waals surface area contributed by atoms with Gasteiger partial charge in [0.05, 0.1) is 24.6 Å². The number of benzene rings is 3. The van der Waals surface area contributed by atoms with E-state index in [9.17, 15) is 22.4 Å². The highest BCUT2D eigenvalue weighted by Crippen LogP contribution is 2.30. The zero-order chi connectivity index (χ0) is 25.2. The van der Waals surface area contributed by atoms with Gasteiger partial charge in [-0.05, 0) is 48.5 Å². The van der Waals surface area contributed by atoms with E-state index in [1.807, 2.05) is 0 Å². The Kier molecular flexibility index (Phi) is 6.57. The van der Waals surface area contributed by atoms with Gasteiger partial charge in [-0.15, -0.1) is 0 Å². The number of amides is 1. The fourth-order valence-corrected chi connectivity index (χ4v) is 5.02. The Morgan fingerprint density at radius 2 is 1.66 bits per heavy atom. The van der Waals surface area contributed by atoms with Gasteiger partial charge in [0.2, 0.25) is 21.2 Å². The number of nitrogens with one attached hydrogen (secondary N) is 1. The summed E-state index contributed by atoms with van der Waals surface area (Å²) in [5.41, 5.74) is 0.122. The van der Waals surface area contributed by atoms with Crippen LogP contribution in [0.3, 0.4) is 0 Å². The van der Waals surface area contributed by atoms with E-state index in [4.69, 9.17) is 9.47 Å². The van der Waals surface area contributed by atoms with Crippen LogP contribution in [0.1, 0.15) is 0 Å². The van der Waals surface area contributed by atoms with Crippen molar-refractivity contribution in [3.8, 4) is 11.5 Å². The lowest BCUT2D eigenvalue weighted by molar-refractivity contribution is -0.116. The van der Waals surface area contributed by atoms with Crippen LogP contribution in [0, 0.1) is 5.82 Å². The number of fused-ring (bicyclic) bond motifs is 1. The van der Waals surface area contributed by atoms with Crippen molar-refractivity contribution < 1.29 is 27.1 Å². The molecule has 180 valence electrons. The zero-order valence-electron chi connectivity index (χ0n) is 18.8. The van der Waals surface area contributed by atoms with E-state index >= 15 is 0 Å². The predicted octanol–water partition coefficient (Wildman–Crippen LogP) is 3.63. The first-order chi connectivity index (χ1) is 16.7. The largest absolute Gasteiger partial charge is 0.493 e. The van der Waals surface area contributed by atoms with Crippen LogP contribution in [0.4, 0.5) is 10.1 Å². The summed E-state index contributed by atoms with van der Waals surface area (Å²) in [5, 5.41) is 2.86. The maximum Gasteiger partial charge on any atom is 0.244 e. The number of hydrogen-bond acceptors (Lipinski definition) is 6. The number of sulfone groups is 1. The lowest BCUT2D eigenvalue weighted by Crippen LogP contribution is -2.24. The topological polar surface area (TPSA) is 104 Å². The van der Waals surface area contributed by atoms with E-state index in [-0.39, 0.29) is 16.8 Å². The molecule has 35 heavy (non-hydrogen) atoms. The average Bonchev–Trinajstić information content (AvgIpc) is 2.85.